The Balaban J connectivity index is 1.66. The summed E-state index contributed by atoms with van der Waals surface area (Å²) in [6.07, 6.45) is 5.07. The number of ether oxygens (including phenoxy) is 1. The summed E-state index contributed by atoms with van der Waals surface area (Å²) >= 11 is 0. The Kier molecular flexibility index (Phi) is 4.28. The van der Waals surface area contributed by atoms with Gasteiger partial charge in [0.2, 0.25) is 5.91 Å². The van der Waals surface area contributed by atoms with Crippen LogP contribution in [0.1, 0.15) is 5.56 Å². The average molecular weight is 309 g/mol. The zero-order valence-corrected chi connectivity index (χ0v) is 12.5. The zero-order valence-electron chi connectivity index (χ0n) is 12.5. The van der Waals surface area contributed by atoms with E-state index in [2.05, 4.69) is 20.4 Å². The minimum absolute atomic E-state index is 0.153. The Hall–Kier alpha value is -3.22. The molecule has 3 aromatic rings. The quantitative estimate of drug-likeness (QED) is 0.778. The van der Waals surface area contributed by atoms with E-state index < -0.39 is 0 Å². The molecule has 2 aromatic heterocycles. The number of methoxy groups -OCH3 is 1. The highest BCUT2D eigenvalue weighted by Crippen LogP contribution is 2.13. The molecule has 116 valence electrons. The van der Waals surface area contributed by atoms with Crippen LogP contribution in [0, 0.1) is 0 Å². The molecule has 0 saturated heterocycles. The van der Waals surface area contributed by atoms with E-state index >= 15 is 0 Å². The number of nitrogens with zero attached hydrogens (tertiary/aromatic N) is 4. The van der Waals surface area contributed by atoms with Crippen molar-refractivity contribution < 1.29 is 9.53 Å². The molecule has 0 atom stereocenters. The van der Waals surface area contributed by atoms with Crippen molar-refractivity contribution in [2.45, 2.75) is 6.42 Å². The van der Waals surface area contributed by atoms with Gasteiger partial charge in [0, 0.05) is 18.5 Å². The third-order valence-corrected chi connectivity index (χ3v) is 3.18. The summed E-state index contributed by atoms with van der Waals surface area (Å²) in [5.41, 5.74) is 0.893. The van der Waals surface area contributed by atoms with Crippen LogP contribution in [0.5, 0.6) is 5.75 Å². The van der Waals surface area contributed by atoms with Gasteiger partial charge in [0.05, 0.1) is 13.5 Å². The normalized spacial score (nSPS) is 10.3. The summed E-state index contributed by atoms with van der Waals surface area (Å²) in [6, 6.07) is 10.8. The van der Waals surface area contributed by atoms with Crippen LogP contribution in [0.4, 0.5) is 5.82 Å². The average Bonchev–Trinajstić information content (AvgIpc) is 3.10. The smallest absolute Gasteiger partial charge is 0.229 e. The van der Waals surface area contributed by atoms with Crippen LogP contribution in [-0.4, -0.2) is 32.8 Å². The first-order valence-corrected chi connectivity index (χ1v) is 6.99. The molecule has 0 spiro atoms. The van der Waals surface area contributed by atoms with Gasteiger partial charge in [-0.3, -0.25) is 4.79 Å². The topological polar surface area (TPSA) is 81.9 Å². The minimum Gasteiger partial charge on any atom is -0.497 e. The maximum absolute atomic E-state index is 12.1. The summed E-state index contributed by atoms with van der Waals surface area (Å²) < 4.78 is 6.69. The van der Waals surface area contributed by atoms with Gasteiger partial charge in [0.25, 0.3) is 0 Å². The van der Waals surface area contributed by atoms with E-state index in [9.17, 15) is 4.79 Å². The molecule has 23 heavy (non-hydrogen) atoms. The zero-order chi connectivity index (χ0) is 16.1. The van der Waals surface area contributed by atoms with Gasteiger partial charge < -0.3 is 10.1 Å². The fraction of sp³-hybridized carbons (Fsp3) is 0.125. The van der Waals surface area contributed by atoms with E-state index in [0.717, 1.165) is 11.3 Å². The lowest BCUT2D eigenvalue weighted by Gasteiger charge is -2.07. The van der Waals surface area contributed by atoms with Crippen LogP contribution in [0.3, 0.4) is 0 Å². The summed E-state index contributed by atoms with van der Waals surface area (Å²) in [6.45, 7) is 0. The molecule has 0 saturated carbocycles. The first-order chi connectivity index (χ1) is 11.2. The number of nitrogens with one attached hydrogen (secondary N) is 1. The number of amides is 1. The van der Waals surface area contributed by atoms with Gasteiger partial charge in [0.1, 0.15) is 17.9 Å². The molecule has 2 heterocycles. The molecular formula is C16H15N5O2. The number of carbonyl (C=O) groups is 1. The second-order valence-electron chi connectivity index (χ2n) is 4.79. The van der Waals surface area contributed by atoms with E-state index in [1.54, 1.807) is 36.3 Å². The van der Waals surface area contributed by atoms with Gasteiger partial charge in [-0.2, -0.15) is 5.10 Å². The molecule has 1 amide bonds. The maximum Gasteiger partial charge on any atom is 0.229 e. The SMILES string of the molecule is COc1ccc(CC(=O)Nc2cc(-n3cccn3)ncn2)cc1. The van der Waals surface area contributed by atoms with E-state index in [4.69, 9.17) is 4.74 Å². The lowest BCUT2D eigenvalue weighted by atomic mass is 10.1. The lowest BCUT2D eigenvalue weighted by Crippen LogP contribution is -2.16. The van der Waals surface area contributed by atoms with Gasteiger partial charge in [-0.05, 0) is 23.8 Å². The third kappa shape index (κ3) is 3.70. The number of carbonyl (C=O) groups excluding carboxylic acids is 1. The molecule has 0 aliphatic heterocycles. The lowest BCUT2D eigenvalue weighted by molar-refractivity contribution is -0.115. The van der Waals surface area contributed by atoms with Crippen molar-refractivity contribution in [2.75, 3.05) is 12.4 Å². The fourth-order valence-electron chi connectivity index (χ4n) is 2.06. The number of aromatic nitrogens is 4. The molecule has 0 aliphatic carbocycles. The first-order valence-electron chi connectivity index (χ1n) is 6.99. The van der Waals surface area contributed by atoms with Crippen LogP contribution in [0.25, 0.3) is 5.82 Å². The van der Waals surface area contributed by atoms with E-state index in [1.807, 2.05) is 24.3 Å². The number of hydrogen-bond donors (Lipinski definition) is 1. The molecule has 0 radical (unpaired) electrons. The summed E-state index contributed by atoms with van der Waals surface area (Å²) in [5.74, 6) is 1.63. The second kappa shape index (κ2) is 6.69. The largest absolute Gasteiger partial charge is 0.497 e. The van der Waals surface area contributed by atoms with Gasteiger partial charge in [-0.15, -0.1) is 0 Å². The van der Waals surface area contributed by atoms with Crippen LogP contribution in [0.15, 0.2) is 55.1 Å². The predicted octanol–water partition coefficient (Wildman–Crippen LogP) is 1.85. The number of hydrogen-bond acceptors (Lipinski definition) is 5. The van der Waals surface area contributed by atoms with Crippen molar-refractivity contribution in [3.05, 3.63) is 60.7 Å². The highest BCUT2D eigenvalue weighted by Gasteiger charge is 2.07. The molecule has 0 fully saturated rings. The molecule has 1 aromatic carbocycles. The maximum atomic E-state index is 12.1. The first kappa shape index (κ1) is 14.7. The molecule has 0 unspecified atom stereocenters. The number of rotatable bonds is 5. The van der Waals surface area contributed by atoms with Crippen molar-refractivity contribution in [3.8, 4) is 11.6 Å². The van der Waals surface area contributed by atoms with Crippen LogP contribution in [0.2, 0.25) is 0 Å². The summed E-state index contributed by atoms with van der Waals surface area (Å²) in [7, 11) is 1.61. The minimum atomic E-state index is -0.153. The number of benzene rings is 1. The van der Waals surface area contributed by atoms with Crippen molar-refractivity contribution >= 4 is 11.7 Å². The third-order valence-electron chi connectivity index (χ3n) is 3.18. The van der Waals surface area contributed by atoms with Gasteiger partial charge in [-0.1, -0.05) is 12.1 Å². The highest BCUT2D eigenvalue weighted by atomic mass is 16.5. The molecule has 3 rings (SSSR count). The Bertz CT molecular complexity index is 784. The van der Waals surface area contributed by atoms with Crippen molar-refractivity contribution in [1.82, 2.24) is 19.7 Å². The van der Waals surface area contributed by atoms with Crippen LogP contribution < -0.4 is 10.1 Å². The predicted molar refractivity (Wildman–Crippen MR) is 84.5 cm³/mol. The summed E-state index contributed by atoms with van der Waals surface area (Å²) in [4.78, 5) is 20.3. The van der Waals surface area contributed by atoms with Gasteiger partial charge in [0.15, 0.2) is 5.82 Å². The van der Waals surface area contributed by atoms with Crippen molar-refractivity contribution in [3.63, 3.8) is 0 Å². The van der Waals surface area contributed by atoms with Gasteiger partial charge in [-0.25, -0.2) is 14.6 Å². The monoisotopic (exact) mass is 309 g/mol. The highest BCUT2D eigenvalue weighted by molar-refractivity contribution is 5.91. The van der Waals surface area contributed by atoms with E-state index in [1.165, 1.54) is 6.33 Å². The molecule has 0 aliphatic rings. The molecular weight excluding hydrogens is 294 g/mol. The molecule has 7 nitrogen and oxygen atoms in total. The number of anilines is 1. The van der Waals surface area contributed by atoms with E-state index in [0.29, 0.717) is 11.6 Å². The second-order valence-corrected chi connectivity index (χ2v) is 4.79. The summed E-state index contributed by atoms with van der Waals surface area (Å²) in [5, 5.41) is 6.85. The van der Waals surface area contributed by atoms with Crippen molar-refractivity contribution in [1.29, 1.82) is 0 Å². The standard InChI is InChI=1S/C16H15N5O2/c1-23-13-5-3-12(4-6-13)9-16(22)20-14-10-15(18-11-17-14)21-8-2-7-19-21/h2-8,10-11H,9H2,1H3,(H,17,18,20,22). The Labute approximate surface area is 133 Å². The molecule has 1 N–H and O–H groups in total. The van der Waals surface area contributed by atoms with E-state index in [-0.39, 0.29) is 12.3 Å². The molecule has 7 heteroatoms. The molecule has 0 bridgehead atoms. The van der Waals surface area contributed by atoms with Gasteiger partial charge >= 0.3 is 0 Å². The Morgan fingerprint density at radius 2 is 2.09 bits per heavy atom. The fourth-order valence-corrected chi connectivity index (χ4v) is 2.06. The van der Waals surface area contributed by atoms with Crippen molar-refractivity contribution in [2.24, 2.45) is 0 Å². The Morgan fingerprint density at radius 1 is 1.26 bits per heavy atom. The van der Waals surface area contributed by atoms with Crippen LogP contribution in [-0.2, 0) is 11.2 Å². The Morgan fingerprint density at radius 3 is 2.78 bits per heavy atom. The van der Waals surface area contributed by atoms with Crippen LogP contribution >= 0.6 is 0 Å².